The highest BCUT2D eigenvalue weighted by Gasteiger charge is 2.21. The van der Waals surface area contributed by atoms with Gasteiger partial charge in [0, 0.05) is 12.7 Å². The number of hydrogen-bond donors (Lipinski definition) is 2. The molecule has 1 heterocycles. The normalized spacial score (nSPS) is 16.3. The molecule has 1 aromatic heterocycles. The molecular formula is C8H12N4. The summed E-state index contributed by atoms with van der Waals surface area (Å²) in [7, 11) is 0. The van der Waals surface area contributed by atoms with Gasteiger partial charge >= 0.3 is 0 Å². The molecule has 0 amide bonds. The number of hydrogen-bond acceptors (Lipinski definition) is 2. The first-order valence-electron chi connectivity index (χ1n) is 4.12. The van der Waals surface area contributed by atoms with Crippen molar-refractivity contribution in [1.82, 2.24) is 9.78 Å². The van der Waals surface area contributed by atoms with Crippen LogP contribution in [0.4, 0.5) is 0 Å². The number of nitrogens with two attached hydrogens (primary N) is 1. The van der Waals surface area contributed by atoms with Crippen LogP contribution in [0.2, 0.25) is 0 Å². The lowest BCUT2D eigenvalue weighted by molar-refractivity contribution is 0.563. The lowest BCUT2D eigenvalue weighted by atomic mass is 10.3. The molecule has 1 aliphatic carbocycles. The van der Waals surface area contributed by atoms with Gasteiger partial charge in [-0.1, -0.05) is 0 Å². The van der Waals surface area contributed by atoms with Crippen LogP contribution in [0.5, 0.6) is 0 Å². The summed E-state index contributed by atoms with van der Waals surface area (Å²) in [5, 5.41) is 11.3. The molecule has 0 saturated heterocycles. The molecule has 1 saturated carbocycles. The zero-order valence-corrected chi connectivity index (χ0v) is 6.83. The first-order chi connectivity index (χ1) is 5.75. The maximum atomic E-state index is 7.17. The first-order valence-corrected chi connectivity index (χ1v) is 4.12. The van der Waals surface area contributed by atoms with Gasteiger partial charge in [0.15, 0.2) is 0 Å². The Balaban J connectivity index is 2.06. The van der Waals surface area contributed by atoms with E-state index in [-0.39, 0.29) is 5.84 Å². The van der Waals surface area contributed by atoms with E-state index in [2.05, 4.69) is 5.10 Å². The Morgan fingerprint density at radius 1 is 1.75 bits per heavy atom. The fourth-order valence-electron chi connectivity index (χ4n) is 1.17. The minimum atomic E-state index is 0.0945. The molecule has 1 aliphatic rings. The Hall–Kier alpha value is -1.32. The molecule has 0 spiro atoms. The third kappa shape index (κ3) is 1.47. The molecule has 0 aromatic carbocycles. The molecule has 0 bridgehead atoms. The van der Waals surface area contributed by atoms with Gasteiger partial charge in [-0.2, -0.15) is 5.10 Å². The van der Waals surface area contributed by atoms with Crippen LogP contribution in [-0.4, -0.2) is 15.6 Å². The van der Waals surface area contributed by atoms with Crippen molar-refractivity contribution in [2.75, 3.05) is 0 Å². The van der Waals surface area contributed by atoms with Gasteiger partial charge in [0.2, 0.25) is 0 Å². The number of nitrogens with zero attached hydrogens (tertiary/aromatic N) is 2. The molecule has 12 heavy (non-hydrogen) atoms. The van der Waals surface area contributed by atoms with Crippen molar-refractivity contribution in [2.45, 2.75) is 19.4 Å². The number of nitrogens with one attached hydrogen (secondary N) is 1. The summed E-state index contributed by atoms with van der Waals surface area (Å²) in [5.41, 5.74) is 6.02. The highest BCUT2D eigenvalue weighted by molar-refractivity contribution is 5.94. The second-order valence-electron chi connectivity index (χ2n) is 3.31. The summed E-state index contributed by atoms with van der Waals surface area (Å²) in [5.74, 6) is 0.904. The molecular weight excluding hydrogens is 152 g/mol. The van der Waals surface area contributed by atoms with Gasteiger partial charge in [0.1, 0.15) is 5.84 Å². The fraction of sp³-hybridized carbons (Fsp3) is 0.500. The quantitative estimate of drug-likeness (QED) is 0.506. The van der Waals surface area contributed by atoms with Crippen LogP contribution < -0.4 is 5.73 Å². The molecule has 1 aromatic rings. The van der Waals surface area contributed by atoms with Crippen LogP contribution in [0.25, 0.3) is 0 Å². The van der Waals surface area contributed by atoms with Crippen molar-refractivity contribution in [3.8, 4) is 0 Å². The number of aromatic nitrogens is 2. The molecule has 4 heteroatoms. The Bertz CT molecular complexity index is 298. The van der Waals surface area contributed by atoms with E-state index in [0.717, 1.165) is 18.0 Å². The van der Waals surface area contributed by atoms with Crippen LogP contribution >= 0.6 is 0 Å². The average molecular weight is 164 g/mol. The number of nitrogen functional groups attached to an aromatic ring is 1. The first kappa shape index (κ1) is 7.34. The second kappa shape index (κ2) is 2.62. The molecule has 64 valence electrons. The average Bonchev–Trinajstić information content (AvgIpc) is 2.66. The summed E-state index contributed by atoms with van der Waals surface area (Å²) < 4.78 is 1.87. The lowest BCUT2D eigenvalue weighted by Gasteiger charge is -1.96. The van der Waals surface area contributed by atoms with Gasteiger partial charge in [0.05, 0.1) is 11.8 Å². The van der Waals surface area contributed by atoms with Crippen molar-refractivity contribution < 1.29 is 0 Å². The molecule has 0 aliphatic heterocycles. The standard InChI is InChI=1S/C8H12N4/c9-8(10)7-3-11-12(5-7)4-6-1-2-6/h3,5-6H,1-2,4H2,(H3,9,10). The predicted octanol–water partition coefficient (Wildman–Crippen LogP) is 0.577. The van der Waals surface area contributed by atoms with Crippen molar-refractivity contribution in [1.29, 1.82) is 5.41 Å². The van der Waals surface area contributed by atoms with Gasteiger partial charge in [-0.25, -0.2) is 0 Å². The van der Waals surface area contributed by atoms with Crippen molar-refractivity contribution in [3.63, 3.8) is 0 Å². The van der Waals surface area contributed by atoms with Gasteiger partial charge in [0.25, 0.3) is 0 Å². The highest BCUT2D eigenvalue weighted by Crippen LogP contribution is 2.30. The van der Waals surface area contributed by atoms with Gasteiger partial charge in [-0.3, -0.25) is 10.1 Å². The summed E-state index contributed by atoms with van der Waals surface area (Å²) in [6.07, 6.45) is 6.11. The summed E-state index contributed by atoms with van der Waals surface area (Å²) >= 11 is 0. The maximum Gasteiger partial charge on any atom is 0.125 e. The van der Waals surface area contributed by atoms with E-state index in [1.807, 2.05) is 10.9 Å². The third-order valence-corrected chi connectivity index (χ3v) is 2.09. The summed E-state index contributed by atoms with van der Waals surface area (Å²) in [6.45, 7) is 0.979. The zero-order valence-electron chi connectivity index (χ0n) is 6.83. The van der Waals surface area contributed by atoms with Gasteiger partial charge < -0.3 is 5.73 Å². The topological polar surface area (TPSA) is 67.7 Å². The van der Waals surface area contributed by atoms with E-state index in [9.17, 15) is 0 Å². The second-order valence-corrected chi connectivity index (χ2v) is 3.31. The Kier molecular flexibility index (Phi) is 1.60. The number of rotatable bonds is 3. The molecule has 0 unspecified atom stereocenters. The smallest absolute Gasteiger partial charge is 0.125 e. The highest BCUT2D eigenvalue weighted by atomic mass is 15.3. The molecule has 0 radical (unpaired) electrons. The maximum absolute atomic E-state index is 7.17. The van der Waals surface area contributed by atoms with E-state index in [4.69, 9.17) is 11.1 Å². The Morgan fingerprint density at radius 2 is 2.50 bits per heavy atom. The van der Waals surface area contributed by atoms with Crippen LogP contribution in [0, 0.1) is 11.3 Å². The molecule has 1 fully saturated rings. The van der Waals surface area contributed by atoms with Crippen LogP contribution in [-0.2, 0) is 6.54 Å². The third-order valence-electron chi connectivity index (χ3n) is 2.09. The fourth-order valence-corrected chi connectivity index (χ4v) is 1.17. The van der Waals surface area contributed by atoms with Gasteiger partial charge in [-0.05, 0) is 18.8 Å². The van der Waals surface area contributed by atoms with Crippen molar-refractivity contribution in [2.24, 2.45) is 11.7 Å². The zero-order chi connectivity index (χ0) is 8.55. The molecule has 4 nitrogen and oxygen atoms in total. The van der Waals surface area contributed by atoms with Crippen molar-refractivity contribution in [3.05, 3.63) is 18.0 Å². The Labute approximate surface area is 70.9 Å². The van der Waals surface area contributed by atoms with E-state index < -0.39 is 0 Å². The summed E-state index contributed by atoms with van der Waals surface area (Å²) in [6, 6.07) is 0. The molecule has 2 rings (SSSR count). The minimum absolute atomic E-state index is 0.0945. The van der Waals surface area contributed by atoms with Crippen LogP contribution in [0.15, 0.2) is 12.4 Å². The van der Waals surface area contributed by atoms with Crippen LogP contribution in [0.1, 0.15) is 18.4 Å². The van der Waals surface area contributed by atoms with Crippen LogP contribution in [0.3, 0.4) is 0 Å². The monoisotopic (exact) mass is 164 g/mol. The predicted molar refractivity (Wildman–Crippen MR) is 46.0 cm³/mol. The summed E-state index contributed by atoms with van der Waals surface area (Å²) in [4.78, 5) is 0. The molecule has 3 N–H and O–H groups in total. The van der Waals surface area contributed by atoms with E-state index in [1.54, 1.807) is 6.20 Å². The molecule has 0 atom stereocenters. The van der Waals surface area contributed by atoms with Gasteiger partial charge in [-0.15, -0.1) is 0 Å². The lowest BCUT2D eigenvalue weighted by Crippen LogP contribution is -2.09. The van der Waals surface area contributed by atoms with E-state index in [0.29, 0.717) is 0 Å². The number of amidine groups is 1. The largest absolute Gasteiger partial charge is 0.384 e. The SMILES string of the molecule is N=C(N)c1cnn(CC2CC2)c1. The van der Waals surface area contributed by atoms with E-state index >= 15 is 0 Å². The van der Waals surface area contributed by atoms with Crippen molar-refractivity contribution >= 4 is 5.84 Å². The Morgan fingerprint density at radius 3 is 3.00 bits per heavy atom. The minimum Gasteiger partial charge on any atom is -0.384 e. The van der Waals surface area contributed by atoms with E-state index in [1.165, 1.54) is 12.8 Å².